The van der Waals surface area contributed by atoms with E-state index in [2.05, 4.69) is 5.32 Å². The molecule has 0 aliphatic heterocycles. The molecule has 5 nitrogen and oxygen atoms in total. The summed E-state index contributed by atoms with van der Waals surface area (Å²) in [6, 6.07) is 26.5. The molecule has 0 fully saturated rings. The molecule has 5 rings (SSSR count). The standard InChI is InChI=1S/C27H20ClN3O2S2/c28-20-13-11-19(12-14-20)22-16-34-25-24(22)26(33)31(21-9-5-2-6-10-21)27(30-25)35-17-23(32)29-15-18-7-3-1-4-8-18/h1-14,16H,15,17H2,(H,29,32). The summed E-state index contributed by atoms with van der Waals surface area (Å²) < 4.78 is 1.59. The Bertz CT molecular complexity index is 1530. The van der Waals surface area contributed by atoms with Crippen molar-refractivity contribution in [3.8, 4) is 16.8 Å². The van der Waals surface area contributed by atoms with Crippen LogP contribution >= 0.6 is 34.7 Å². The second kappa shape index (κ2) is 10.5. The lowest BCUT2D eigenvalue weighted by molar-refractivity contribution is -0.118. The van der Waals surface area contributed by atoms with E-state index in [0.717, 1.165) is 16.7 Å². The first-order chi connectivity index (χ1) is 17.1. The van der Waals surface area contributed by atoms with Crippen LogP contribution in [0.15, 0.2) is 100 Å². The highest BCUT2D eigenvalue weighted by Crippen LogP contribution is 2.33. The molecule has 1 amide bonds. The number of aromatic nitrogens is 2. The number of halogens is 1. The van der Waals surface area contributed by atoms with Gasteiger partial charge in [0.15, 0.2) is 5.16 Å². The number of carbonyl (C=O) groups excluding carboxylic acids is 1. The lowest BCUT2D eigenvalue weighted by Crippen LogP contribution is -2.26. The minimum atomic E-state index is -0.167. The predicted molar refractivity (Wildman–Crippen MR) is 145 cm³/mol. The van der Waals surface area contributed by atoms with E-state index in [9.17, 15) is 9.59 Å². The number of benzene rings is 3. The van der Waals surface area contributed by atoms with E-state index in [1.165, 1.54) is 23.1 Å². The fourth-order valence-electron chi connectivity index (χ4n) is 3.69. The molecule has 0 spiro atoms. The molecule has 0 saturated heterocycles. The number of amides is 1. The van der Waals surface area contributed by atoms with Crippen LogP contribution in [0.3, 0.4) is 0 Å². The van der Waals surface area contributed by atoms with Crippen LogP contribution in [0.4, 0.5) is 0 Å². The molecule has 0 aliphatic carbocycles. The molecular formula is C27H20ClN3O2S2. The zero-order valence-electron chi connectivity index (χ0n) is 18.5. The largest absolute Gasteiger partial charge is 0.351 e. The fraction of sp³-hybridized carbons (Fsp3) is 0.0741. The van der Waals surface area contributed by atoms with Crippen LogP contribution in [-0.4, -0.2) is 21.2 Å². The average molecular weight is 518 g/mol. The summed E-state index contributed by atoms with van der Waals surface area (Å²) >= 11 is 8.72. The van der Waals surface area contributed by atoms with E-state index in [1.807, 2.05) is 90.3 Å². The van der Waals surface area contributed by atoms with E-state index >= 15 is 0 Å². The normalized spacial score (nSPS) is 11.0. The highest BCUT2D eigenvalue weighted by Gasteiger charge is 2.19. The van der Waals surface area contributed by atoms with Crippen molar-refractivity contribution in [2.24, 2.45) is 0 Å². The highest BCUT2D eigenvalue weighted by molar-refractivity contribution is 7.99. The molecule has 0 aliphatic rings. The number of nitrogens with one attached hydrogen (secondary N) is 1. The highest BCUT2D eigenvalue weighted by atomic mass is 35.5. The number of hydrogen-bond acceptors (Lipinski definition) is 5. The van der Waals surface area contributed by atoms with E-state index in [0.29, 0.717) is 32.6 Å². The summed E-state index contributed by atoms with van der Waals surface area (Å²) in [5, 5.41) is 6.54. The van der Waals surface area contributed by atoms with Gasteiger partial charge < -0.3 is 5.32 Å². The van der Waals surface area contributed by atoms with Gasteiger partial charge in [0.25, 0.3) is 5.56 Å². The van der Waals surface area contributed by atoms with Gasteiger partial charge in [-0.3, -0.25) is 14.2 Å². The maximum Gasteiger partial charge on any atom is 0.268 e. The molecule has 0 atom stereocenters. The number of rotatable bonds is 7. The van der Waals surface area contributed by atoms with Crippen molar-refractivity contribution in [3.05, 3.63) is 111 Å². The number of thiophene rings is 1. The Balaban J connectivity index is 1.49. The van der Waals surface area contributed by atoms with Gasteiger partial charge >= 0.3 is 0 Å². The topological polar surface area (TPSA) is 64.0 Å². The molecule has 35 heavy (non-hydrogen) atoms. The molecule has 1 N–H and O–H groups in total. The number of thioether (sulfide) groups is 1. The number of fused-ring (bicyclic) bond motifs is 1. The summed E-state index contributed by atoms with van der Waals surface area (Å²) in [6.07, 6.45) is 0. The predicted octanol–water partition coefficient (Wildman–Crippen LogP) is 6.18. The molecule has 5 aromatic rings. The number of hydrogen-bond donors (Lipinski definition) is 1. The van der Waals surface area contributed by atoms with Gasteiger partial charge in [0, 0.05) is 22.5 Å². The number of para-hydroxylation sites is 1. The summed E-state index contributed by atoms with van der Waals surface area (Å²) in [4.78, 5) is 31.8. The van der Waals surface area contributed by atoms with Crippen molar-refractivity contribution < 1.29 is 4.79 Å². The van der Waals surface area contributed by atoms with Crippen LogP contribution < -0.4 is 10.9 Å². The van der Waals surface area contributed by atoms with Gasteiger partial charge in [-0.1, -0.05) is 84.0 Å². The maximum atomic E-state index is 13.8. The van der Waals surface area contributed by atoms with Crippen molar-refractivity contribution in [3.63, 3.8) is 0 Å². The molecule has 0 radical (unpaired) electrons. The smallest absolute Gasteiger partial charge is 0.268 e. The Morgan fingerprint density at radius 2 is 1.66 bits per heavy atom. The first-order valence-electron chi connectivity index (χ1n) is 10.9. The van der Waals surface area contributed by atoms with E-state index in [4.69, 9.17) is 16.6 Å². The SMILES string of the molecule is O=C(CSc1nc2scc(-c3ccc(Cl)cc3)c2c(=O)n1-c1ccccc1)NCc1ccccc1. The first kappa shape index (κ1) is 23.4. The van der Waals surface area contributed by atoms with Crippen molar-refractivity contribution in [2.75, 3.05) is 5.75 Å². The Kier molecular flexibility index (Phi) is 6.99. The Morgan fingerprint density at radius 3 is 2.37 bits per heavy atom. The van der Waals surface area contributed by atoms with E-state index in [-0.39, 0.29) is 17.2 Å². The van der Waals surface area contributed by atoms with Gasteiger partial charge in [-0.05, 0) is 35.4 Å². The van der Waals surface area contributed by atoms with Crippen molar-refractivity contribution >= 4 is 50.8 Å². The molecule has 2 heterocycles. The van der Waals surface area contributed by atoms with E-state index in [1.54, 1.807) is 4.57 Å². The molecular weight excluding hydrogens is 498 g/mol. The molecule has 3 aromatic carbocycles. The Labute approximate surface area is 215 Å². The van der Waals surface area contributed by atoms with Gasteiger partial charge in [0.2, 0.25) is 5.91 Å². The van der Waals surface area contributed by atoms with Crippen LogP contribution in [0.2, 0.25) is 5.02 Å². The second-order valence-electron chi connectivity index (χ2n) is 7.76. The van der Waals surface area contributed by atoms with Gasteiger partial charge in [-0.15, -0.1) is 11.3 Å². The van der Waals surface area contributed by atoms with Gasteiger partial charge in [-0.2, -0.15) is 0 Å². The molecule has 0 unspecified atom stereocenters. The summed E-state index contributed by atoms with van der Waals surface area (Å²) in [5.74, 6) is 0.0216. The quantitative estimate of drug-likeness (QED) is 0.207. The van der Waals surface area contributed by atoms with Crippen LogP contribution in [-0.2, 0) is 11.3 Å². The zero-order valence-corrected chi connectivity index (χ0v) is 20.9. The second-order valence-corrected chi connectivity index (χ2v) is 9.99. The average Bonchev–Trinajstić information content (AvgIpc) is 3.32. The summed E-state index contributed by atoms with van der Waals surface area (Å²) in [6.45, 7) is 0.452. The van der Waals surface area contributed by atoms with E-state index < -0.39 is 0 Å². The van der Waals surface area contributed by atoms with Gasteiger partial charge in [-0.25, -0.2) is 4.98 Å². The Hall–Kier alpha value is -3.39. The Morgan fingerprint density at radius 1 is 0.971 bits per heavy atom. The van der Waals surface area contributed by atoms with Crippen LogP contribution in [0.5, 0.6) is 0 Å². The third-order valence-electron chi connectivity index (χ3n) is 5.41. The minimum Gasteiger partial charge on any atom is -0.351 e. The van der Waals surface area contributed by atoms with Gasteiger partial charge in [0.1, 0.15) is 4.83 Å². The molecule has 0 saturated carbocycles. The first-order valence-corrected chi connectivity index (χ1v) is 13.1. The number of nitrogens with zero attached hydrogens (tertiary/aromatic N) is 2. The number of carbonyl (C=O) groups is 1. The maximum absolute atomic E-state index is 13.8. The molecule has 0 bridgehead atoms. The van der Waals surface area contributed by atoms with Crippen LogP contribution in [0.25, 0.3) is 27.0 Å². The van der Waals surface area contributed by atoms with Crippen molar-refractivity contribution in [1.82, 2.24) is 14.9 Å². The van der Waals surface area contributed by atoms with Crippen LogP contribution in [0, 0.1) is 0 Å². The molecule has 174 valence electrons. The third-order valence-corrected chi connectivity index (χ3v) is 7.47. The fourth-order valence-corrected chi connectivity index (χ4v) is 5.65. The lowest BCUT2D eigenvalue weighted by Gasteiger charge is -2.13. The minimum absolute atomic E-state index is 0.124. The summed E-state index contributed by atoms with van der Waals surface area (Å²) in [5.41, 5.74) is 3.28. The van der Waals surface area contributed by atoms with Gasteiger partial charge in [0.05, 0.1) is 16.8 Å². The van der Waals surface area contributed by atoms with Crippen molar-refractivity contribution in [2.45, 2.75) is 11.7 Å². The zero-order chi connectivity index (χ0) is 24.2. The monoisotopic (exact) mass is 517 g/mol. The molecule has 8 heteroatoms. The summed E-state index contributed by atoms with van der Waals surface area (Å²) in [7, 11) is 0. The molecule has 2 aromatic heterocycles. The van der Waals surface area contributed by atoms with Crippen molar-refractivity contribution in [1.29, 1.82) is 0 Å². The van der Waals surface area contributed by atoms with Crippen LogP contribution in [0.1, 0.15) is 5.56 Å². The third kappa shape index (κ3) is 5.17. The lowest BCUT2D eigenvalue weighted by atomic mass is 10.1.